The first-order valence-corrected chi connectivity index (χ1v) is 9.49. The van der Waals surface area contributed by atoms with Crippen LogP contribution in [-0.2, 0) is 0 Å². The van der Waals surface area contributed by atoms with Crippen LogP contribution in [0.2, 0.25) is 5.15 Å². The standard InChI is InChI=1S/C22H23ClN4O/c1-14(2)17-7-9-19(10-8-17)27-15(3)12-18(16(27)4)13-25-26-22(28)20-6-5-11-24-21(20)23/h5-14H,1-4H3,(H,26,28). The highest BCUT2D eigenvalue weighted by atomic mass is 35.5. The van der Waals surface area contributed by atoms with Gasteiger partial charge in [-0.3, -0.25) is 4.79 Å². The van der Waals surface area contributed by atoms with Gasteiger partial charge in [-0.25, -0.2) is 10.4 Å². The highest BCUT2D eigenvalue weighted by Crippen LogP contribution is 2.22. The summed E-state index contributed by atoms with van der Waals surface area (Å²) < 4.78 is 2.17. The van der Waals surface area contributed by atoms with E-state index in [0.29, 0.717) is 5.92 Å². The highest BCUT2D eigenvalue weighted by molar-refractivity contribution is 6.32. The maximum Gasteiger partial charge on any atom is 0.274 e. The summed E-state index contributed by atoms with van der Waals surface area (Å²) in [6, 6.07) is 13.9. The van der Waals surface area contributed by atoms with Crippen LogP contribution in [-0.4, -0.2) is 21.7 Å². The molecule has 0 saturated heterocycles. The van der Waals surface area contributed by atoms with Gasteiger partial charge in [0.25, 0.3) is 5.91 Å². The fourth-order valence-corrected chi connectivity index (χ4v) is 3.31. The molecule has 1 N–H and O–H groups in total. The number of aromatic nitrogens is 2. The molecule has 3 rings (SSSR count). The maximum atomic E-state index is 12.2. The number of nitrogens with zero attached hydrogens (tertiary/aromatic N) is 3. The minimum Gasteiger partial charge on any atom is -0.318 e. The molecule has 1 amide bonds. The third-order valence-electron chi connectivity index (χ3n) is 4.66. The monoisotopic (exact) mass is 394 g/mol. The zero-order valence-corrected chi connectivity index (χ0v) is 17.2. The van der Waals surface area contributed by atoms with Crippen molar-refractivity contribution in [3.8, 4) is 5.69 Å². The minimum absolute atomic E-state index is 0.151. The second-order valence-corrected chi connectivity index (χ2v) is 7.31. The van der Waals surface area contributed by atoms with E-state index >= 15 is 0 Å². The Bertz CT molecular complexity index is 1020. The SMILES string of the molecule is Cc1cc(C=NNC(=O)c2cccnc2Cl)c(C)n1-c1ccc(C(C)C)cc1. The fraction of sp³-hybridized carbons (Fsp3) is 0.227. The van der Waals surface area contributed by atoms with Crippen LogP contribution in [0.15, 0.2) is 53.8 Å². The number of nitrogens with one attached hydrogen (secondary N) is 1. The van der Waals surface area contributed by atoms with Gasteiger partial charge in [0.2, 0.25) is 0 Å². The van der Waals surface area contributed by atoms with Crippen LogP contribution in [0.1, 0.15) is 52.6 Å². The van der Waals surface area contributed by atoms with Gasteiger partial charge in [0.05, 0.1) is 11.8 Å². The lowest BCUT2D eigenvalue weighted by molar-refractivity contribution is 0.0955. The van der Waals surface area contributed by atoms with E-state index in [4.69, 9.17) is 11.6 Å². The van der Waals surface area contributed by atoms with Gasteiger partial charge >= 0.3 is 0 Å². The molecule has 0 aliphatic heterocycles. The number of rotatable bonds is 5. The first-order valence-electron chi connectivity index (χ1n) is 9.11. The Balaban J connectivity index is 1.79. The molecule has 144 valence electrons. The molecule has 0 fully saturated rings. The van der Waals surface area contributed by atoms with Crippen molar-refractivity contribution < 1.29 is 4.79 Å². The van der Waals surface area contributed by atoms with Crippen LogP contribution >= 0.6 is 11.6 Å². The Kier molecular flexibility index (Phi) is 5.95. The summed E-state index contributed by atoms with van der Waals surface area (Å²) in [6.45, 7) is 8.45. The lowest BCUT2D eigenvalue weighted by atomic mass is 10.0. The number of hydrogen-bond acceptors (Lipinski definition) is 3. The number of pyridine rings is 1. The summed E-state index contributed by atoms with van der Waals surface area (Å²) in [7, 11) is 0. The van der Waals surface area contributed by atoms with E-state index in [2.05, 4.69) is 65.1 Å². The van der Waals surface area contributed by atoms with Crippen molar-refractivity contribution in [1.82, 2.24) is 15.0 Å². The van der Waals surface area contributed by atoms with Gasteiger partial charge in [-0.15, -0.1) is 0 Å². The van der Waals surface area contributed by atoms with Gasteiger partial charge < -0.3 is 4.57 Å². The Hall–Kier alpha value is -2.92. The Morgan fingerprint density at radius 3 is 2.57 bits per heavy atom. The second-order valence-electron chi connectivity index (χ2n) is 6.95. The minimum atomic E-state index is -0.396. The molecule has 0 bridgehead atoms. The predicted molar refractivity (Wildman–Crippen MR) is 114 cm³/mol. The zero-order chi connectivity index (χ0) is 20.3. The molecule has 2 heterocycles. The summed E-state index contributed by atoms with van der Waals surface area (Å²) in [6.07, 6.45) is 3.18. The van der Waals surface area contributed by atoms with Gasteiger partial charge in [-0.1, -0.05) is 37.6 Å². The molecule has 0 saturated carbocycles. The number of hydrazone groups is 1. The molecule has 2 aromatic heterocycles. The number of benzene rings is 1. The van der Waals surface area contributed by atoms with Crippen molar-refractivity contribution >= 4 is 23.7 Å². The van der Waals surface area contributed by atoms with Crippen LogP contribution < -0.4 is 5.43 Å². The topological polar surface area (TPSA) is 59.3 Å². The van der Waals surface area contributed by atoms with Crippen LogP contribution in [0.4, 0.5) is 0 Å². The second kappa shape index (κ2) is 8.40. The molecular weight excluding hydrogens is 372 g/mol. The normalized spacial score (nSPS) is 11.4. The van der Waals surface area contributed by atoms with Crippen molar-refractivity contribution in [3.05, 3.63) is 81.9 Å². The lowest BCUT2D eigenvalue weighted by Gasteiger charge is -2.12. The lowest BCUT2D eigenvalue weighted by Crippen LogP contribution is -2.18. The zero-order valence-electron chi connectivity index (χ0n) is 16.4. The van der Waals surface area contributed by atoms with Gasteiger partial charge in [-0.2, -0.15) is 5.10 Å². The summed E-state index contributed by atoms with van der Waals surface area (Å²) in [5.41, 5.74) is 8.28. The van der Waals surface area contributed by atoms with E-state index in [1.165, 1.54) is 11.8 Å². The number of amides is 1. The molecule has 3 aromatic rings. The van der Waals surface area contributed by atoms with Crippen LogP contribution in [0.5, 0.6) is 0 Å². The quantitative estimate of drug-likeness (QED) is 0.375. The van der Waals surface area contributed by atoms with Crippen molar-refractivity contribution in [1.29, 1.82) is 0 Å². The molecule has 1 aromatic carbocycles. The Morgan fingerprint density at radius 2 is 1.93 bits per heavy atom. The average molecular weight is 395 g/mol. The molecule has 0 aliphatic carbocycles. The van der Waals surface area contributed by atoms with Gasteiger partial charge in [0, 0.05) is 28.8 Å². The van der Waals surface area contributed by atoms with E-state index in [0.717, 1.165) is 22.6 Å². The van der Waals surface area contributed by atoms with Crippen LogP contribution in [0.3, 0.4) is 0 Å². The van der Waals surface area contributed by atoms with Gasteiger partial charge in [0.15, 0.2) is 0 Å². The smallest absolute Gasteiger partial charge is 0.274 e. The molecule has 28 heavy (non-hydrogen) atoms. The van der Waals surface area contributed by atoms with E-state index in [1.54, 1.807) is 18.3 Å². The summed E-state index contributed by atoms with van der Waals surface area (Å²) in [5.74, 6) is 0.105. The largest absolute Gasteiger partial charge is 0.318 e. The molecule has 5 nitrogen and oxygen atoms in total. The third-order valence-corrected chi connectivity index (χ3v) is 4.96. The highest BCUT2D eigenvalue weighted by Gasteiger charge is 2.11. The van der Waals surface area contributed by atoms with E-state index in [9.17, 15) is 4.79 Å². The number of carbonyl (C=O) groups is 1. The van der Waals surface area contributed by atoms with Crippen LogP contribution in [0.25, 0.3) is 5.69 Å². The summed E-state index contributed by atoms with van der Waals surface area (Å²) in [4.78, 5) is 16.1. The fourth-order valence-electron chi connectivity index (χ4n) is 3.10. The van der Waals surface area contributed by atoms with Crippen LogP contribution in [0, 0.1) is 13.8 Å². The van der Waals surface area contributed by atoms with Crippen molar-refractivity contribution in [2.75, 3.05) is 0 Å². The molecule has 6 heteroatoms. The first-order chi connectivity index (χ1) is 13.4. The third kappa shape index (κ3) is 4.15. The first kappa shape index (κ1) is 19.8. The van der Waals surface area contributed by atoms with Gasteiger partial charge in [-0.05, 0) is 55.7 Å². The van der Waals surface area contributed by atoms with Crippen molar-refractivity contribution in [3.63, 3.8) is 0 Å². The van der Waals surface area contributed by atoms with Crippen molar-refractivity contribution in [2.45, 2.75) is 33.6 Å². The van der Waals surface area contributed by atoms with E-state index < -0.39 is 5.91 Å². The molecular formula is C22H23ClN4O. The van der Waals surface area contributed by atoms with Gasteiger partial charge in [0.1, 0.15) is 5.15 Å². The maximum absolute atomic E-state index is 12.2. The Morgan fingerprint density at radius 1 is 1.21 bits per heavy atom. The molecule has 0 aliphatic rings. The number of hydrogen-bond donors (Lipinski definition) is 1. The number of carbonyl (C=O) groups excluding carboxylic acids is 1. The molecule has 0 atom stereocenters. The van der Waals surface area contributed by atoms with E-state index in [1.807, 2.05) is 13.0 Å². The average Bonchev–Trinajstić information content (AvgIpc) is 2.95. The number of halogens is 1. The summed E-state index contributed by atoms with van der Waals surface area (Å²) >= 11 is 5.94. The molecule has 0 spiro atoms. The summed E-state index contributed by atoms with van der Waals surface area (Å²) in [5, 5.41) is 4.23. The predicted octanol–water partition coefficient (Wildman–Crippen LogP) is 5.03. The van der Waals surface area contributed by atoms with Crippen molar-refractivity contribution in [2.24, 2.45) is 5.10 Å². The molecule has 0 radical (unpaired) electrons. The number of aryl methyl sites for hydroxylation is 1. The molecule has 0 unspecified atom stereocenters. The Labute approximate surface area is 170 Å². The van der Waals surface area contributed by atoms with E-state index in [-0.39, 0.29) is 10.7 Å².